The van der Waals surface area contributed by atoms with Gasteiger partial charge < -0.3 is 9.64 Å². The second kappa shape index (κ2) is 6.03. The van der Waals surface area contributed by atoms with E-state index in [1.807, 2.05) is 7.05 Å². The number of fused-ring (bicyclic) bond motifs is 2. The number of benzene rings is 1. The maximum absolute atomic E-state index is 5.19. The van der Waals surface area contributed by atoms with E-state index in [-0.39, 0.29) is 0 Å². The van der Waals surface area contributed by atoms with Crippen LogP contribution in [0.3, 0.4) is 0 Å². The highest BCUT2D eigenvalue weighted by Crippen LogP contribution is 2.33. The second-order valence-electron chi connectivity index (χ2n) is 5.17. The third-order valence-corrected chi connectivity index (χ3v) is 4.76. The quantitative estimate of drug-likeness (QED) is 0.873. The van der Waals surface area contributed by atoms with Crippen LogP contribution in [0.5, 0.6) is 0 Å². The van der Waals surface area contributed by atoms with Gasteiger partial charge in [0, 0.05) is 38.2 Å². The summed E-state index contributed by atoms with van der Waals surface area (Å²) in [5.41, 5.74) is 3.58. The van der Waals surface area contributed by atoms with E-state index in [0.717, 1.165) is 28.8 Å². The predicted octanol–water partition coefficient (Wildman–Crippen LogP) is 3.08. The highest BCUT2D eigenvalue weighted by atomic mass is 32.2. The van der Waals surface area contributed by atoms with E-state index in [9.17, 15) is 0 Å². The molecule has 1 aliphatic rings. The SMILES string of the molecule is CN=C1Sc2nc3ccc(C)cc3cc2CN1CCOC. The lowest BCUT2D eigenvalue weighted by atomic mass is 10.1. The van der Waals surface area contributed by atoms with Crippen LogP contribution in [0.1, 0.15) is 11.1 Å². The standard InChI is InChI=1S/C16H19N3OS/c1-11-4-5-14-12(8-11)9-13-10-19(6-7-20-3)16(17-2)21-15(13)18-14/h4-5,8-9H,6-7,10H2,1-3H3. The van der Waals surface area contributed by atoms with Crippen molar-refractivity contribution in [3.8, 4) is 0 Å². The fraction of sp³-hybridized carbons (Fsp3) is 0.375. The minimum Gasteiger partial charge on any atom is -0.383 e. The summed E-state index contributed by atoms with van der Waals surface area (Å²) in [5.74, 6) is 0. The third-order valence-electron chi connectivity index (χ3n) is 3.59. The first-order chi connectivity index (χ1) is 10.2. The van der Waals surface area contributed by atoms with Crippen LogP contribution >= 0.6 is 11.8 Å². The number of hydrogen-bond donors (Lipinski definition) is 0. The van der Waals surface area contributed by atoms with Crippen molar-refractivity contribution in [2.45, 2.75) is 18.5 Å². The summed E-state index contributed by atoms with van der Waals surface area (Å²) in [6, 6.07) is 8.64. The molecule has 5 heteroatoms. The Bertz CT molecular complexity index is 699. The molecule has 0 N–H and O–H groups in total. The lowest BCUT2D eigenvalue weighted by molar-refractivity contribution is 0.174. The molecule has 21 heavy (non-hydrogen) atoms. The number of aryl methyl sites for hydroxylation is 1. The topological polar surface area (TPSA) is 37.7 Å². The Kier molecular flexibility index (Phi) is 4.12. The lowest BCUT2D eigenvalue weighted by Crippen LogP contribution is -2.34. The van der Waals surface area contributed by atoms with Crippen LogP contribution in [0.25, 0.3) is 10.9 Å². The molecule has 0 fully saturated rings. The van der Waals surface area contributed by atoms with Crippen LogP contribution in [0.15, 0.2) is 34.3 Å². The van der Waals surface area contributed by atoms with Crippen LogP contribution < -0.4 is 0 Å². The molecule has 0 spiro atoms. The van der Waals surface area contributed by atoms with E-state index in [1.54, 1.807) is 18.9 Å². The van der Waals surface area contributed by atoms with Crippen molar-refractivity contribution in [2.24, 2.45) is 4.99 Å². The molecule has 3 rings (SSSR count). The van der Waals surface area contributed by atoms with Gasteiger partial charge in [0.25, 0.3) is 0 Å². The monoisotopic (exact) mass is 301 g/mol. The molecule has 1 aliphatic heterocycles. The van der Waals surface area contributed by atoms with Crippen LogP contribution in [-0.2, 0) is 11.3 Å². The maximum atomic E-state index is 5.19. The van der Waals surface area contributed by atoms with Gasteiger partial charge in [-0.3, -0.25) is 4.99 Å². The van der Waals surface area contributed by atoms with Crippen molar-refractivity contribution in [2.75, 3.05) is 27.3 Å². The molecule has 0 aliphatic carbocycles. The van der Waals surface area contributed by atoms with E-state index >= 15 is 0 Å². The molecule has 0 amide bonds. The van der Waals surface area contributed by atoms with Gasteiger partial charge in [-0.2, -0.15) is 0 Å². The Morgan fingerprint density at radius 3 is 3.00 bits per heavy atom. The smallest absolute Gasteiger partial charge is 0.165 e. The van der Waals surface area contributed by atoms with Gasteiger partial charge in [0.2, 0.25) is 0 Å². The molecule has 0 bridgehead atoms. The van der Waals surface area contributed by atoms with Crippen LogP contribution in [0.4, 0.5) is 0 Å². The first kappa shape index (κ1) is 14.4. The number of aliphatic imine (C=N–C) groups is 1. The van der Waals surface area contributed by atoms with Crippen LogP contribution in [-0.4, -0.2) is 42.4 Å². The summed E-state index contributed by atoms with van der Waals surface area (Å²) < 4.78 is 5.19. The number of methoxy groups -OCH3 is 1. The van der Waals surface area contributed by atoms with Crippen molar-refractivity contribution >= 4 is 27.8 Å². The largest absolute Gasteiger partial charge is 0.383 e. The van der Waals surface area contributed by atoms with Crippen LogP contribution in [0, 0.1) is 6.92 Å². The fourth-order valence-corrected chi connectivity index (χ4v) is 3.46. The van der Waals surface area contributed by atoms with E-state index in [2.05, 4.69) is 41.1 Å². The van der Waals surface area contributed by atoms with Gasteiger partial charge in [0.05, 0.1) is 12.1 Å². The molecule has 4 nitrogen and oxygen atoms in total. The zero-order valence-electron chi connectivity index (χ0n) is 12.6. The van der Waals surface area contributed by atoms with Crippen LogP contribution in [0.2, 0.25) is 0 Å². The van der Waals surface area contributed by atoms with Crippen molar-refractivity contribution in [3.63, 3.8) is 0 Å². The van der Waals surface area contributed by atoms with E-state index in [0.29, 0.717) is 6.61 Å². The summed E-state index contributed by atoms with van der Waals surface area (Å²) in [4.78, 5) is 11.4. The second-order valence-corrected chi connectivity index (χ2v) is 6.13. The summed E-state index contributed by atoms with van der Waals surface area (Å²) in [6.45, 7) is 4.51. The number of hydrogen-bond acceptors (Lipinski definition) is 4. The van der Waals surface area contributed by atoms with Gasteiger partial charge in [0.15, 0.2) is 5.17 Å². The number of pyridine rings is 1. The van der Waals surface area contributed by atoms with Gasteiger partial charge in [-0.1, -0.05) is 11.6 Å². The fourth-order valence-electron chi connectivity index (χ4n) is 2.51. The molecule has 110 valence electrons. The molecule has 2 heterocycles. The molecule has 0 saturated heterocycles. The highest BCUT2D eigenvalue weighted by molar-refractivity contribution is 8.13. The Balaban J connectivity index is 1.99. The molecule has 1 aromatic heterocycles. The maximum Gasteiger partial charge on any atom is 0.165 e. The average Bonchev–Trinajstić information content (AvgIpc) is 2.50. The van der Waals surface area contributed by atoms with Crippen molar-refractivity contribution in [1.82, 2.24) is 9.88 Å². The molecule has 2 aromatic rings. The lowest BCUT2D eigenvalue weighted by Gasteiger charge is -2.30. The highest BCUT2D eigenvalue weighted by Gasteiger charge is 2.23. The first-order valence-electron chi connectivity index (χ1n) is 7.00. The number of rotatable bonds is 3. The minimum atomic E-state index is 0.703. The number of ether oxygens (including phenoxy) is 1. The van der Waals surface area contributed by atoms with Gasteiger partial charge in [-0.15, -0.1) is 0 Å². The van der Waals surface area contributed by atoms with E-state index < -0.39 is 0 Å². The molecule has 0 saturated carbocycles. The zero-order valence-corrected chi connectivity index (χ0v) is 13.4. The third kappa shape index (κ3) is 2.89. The van der Waals surface area contributed by atoms with Gasteiger partial charge in [0.1, 0.15) is 5.03 Å². The minimum absolute atomic E-state index is 0.703. The summed E-state index contributed by atoms with van der Waals surface area (Å²) >= 11 is 1.64. The van der Waals surface area contributed by atoms with E-state index in [4.69, 9.17) is 9.72 Å². The first-order valence-corrected chi connectivity index (χ1v) is 7.81. The molecule has 0 unspecified atom stereocenters. The van der Waals surface area contributed by atoms with Gasteiger partial charge in [-0.05, 0) is 36.9 Å². The summed E-state index contributed by atoms with van der Waals surface area (Å²) in [5, 5.41) is 3.29. The molecule has 0 atom stereocenters. The van der Waals surface area contributed by atoms with Gasteiger partial charge >= 0.3 is 0 Å². The number of aromatic nitrogens is 1. The number of amidine groups is 1. The Hall–Kier alpha value is -1.59. The Morgan fingerprint density at radius 1 is 1.38 bits per heavy atom. The molecular formula is C16H19N3OS. The Morgan fingerprint density at radius 2 is 2.24 bits per heavy atom. The normalized spacial score (nSPS) is 16.5. The summed E-state index contributed by atoms with van der Waals surface area (Å²) in [6.07, 6.45) is 0. The Labute approximate surface area is 129 Å². The zero-order chi connectivity index (χ0) is 14.8. The van der Waals surface area contributed by atoms with Gasteiger partial charge in [-0.25, -0.2) is 4.98 Å². The average molecular weight is 301 g/mol. The number of nitrogens with zero attached hydrogens (tertiary/aromatic N) is 3. The number of thioether (sulfide) groups is 1. The molecular weight excluding hydrogens is 282 g/mol. The van der Waals surface area contributed by atoms with Crippen molar-refractivity contribution in [3.05, 3.63) is 35.4 Å². The predicted molar refractivity (Wildman–Crippen MR) is 88.0 cm³/mol. The van der Waals surface area contributed by atoms with Crippen molar-refractivity contribution in [1.29, 1.82) is 0 Å². The molecule has 1 aromatic carbocycles. The van der Waals surface area contributed by atoms with E-state index in [1.165, 1.54) is 16.5 Å². The van der Waals surface area contributed by atoms with Crippen molar-refractivity contribution < 1.29 is 4.74 Å². The summed E-state index contributed by atoms with van der Waals surface area (Å²) in [7, 11) is 3.56. The molecule has 0 radical (unpaired) electrons.